The van der Waals surface area contributed by atoms with Gasteiger partial charge in [-0.1, -0.05) is 12.1 Å². The molecule has 0 unspecified atom stereocenters. The van der Waals surface area contributed by atoms with E-state index in [4.69, 9.17) is 0 Å². The summed E-state index contributed by atoms with van der Waals surface area (Å²) in [5.74, 6) is 1.37. The number of anilines is 2. The van der Waals surface area contributed by atoms with Crippen LogP contribution in [0, 0.1) is 0 Å². The molecule has 134 valence electrons. The van der Waals surface area contributed by atoms with Gasteiger partial charge in [-0.05, 0) is 24.3 Å². The van der Waals surface area contributed by atoms with Gasteiger partial charge < -0.3 is 9.80 Å². The third-order valence-corrected chi connectivity index (χ3v) is 4.44. The van der Waals surface area contributed by atoms with Gasteiger partial charge in [-0.2, -0.15) is 13.2 Å². The Hall–Kier alpha value is -2.90. The highest BCUT2D eigenvalue weighted by atomic mass is 19.4. The van der Waals surface area contributed by atoms with Crippen molar-refractivity contribution in [3.63, 3.8) is 0 Å². The summed E-state index contributed by atoms with van der Waals surface area (Å²) < 4.78 is 37.9. The zero-order valence-corrected chi connectivity index (χ0v) is 13.8. The maximum Gasteiger partial charge on any atom is 0.417 e. The number of halogens is 3. The van der Waals surface area contributed by atoms with Crippen molar-refractivity contribution in [2.75, 3.05) is 36.0 Å². The van der Waals surface area contributed by atoms with Crippen LogP contribution in [-0.4, -0.2) is 41.1 Å². The number of nitrogens with zero attached hydrogens (tertiary/aromatic N) is 5. The van der Waals surface area contributed by atoms with Crippen LogP contribution in [0.1, 0.15) is 5.56 Å². The summed E-state index contributed by atoms with van der Waals surface area (Å²) in [6.07, 6.45) is -1.72. The molecule has 8 heteroatoms. The number of pyridine rings is 1. The lowest BCUT2D eigenvalue weighted by molar-refractivity contribution is -0.137. The minimum Gasteiger partial charge on any atom is -0.353 e. The molecule has 1 aliphatic rings. The fourth-order valence-corrected chi connectivity index (χ4v) is 3.01. The summed E-state index contributed by atoms with van der Waals surface area (Å²) in [6, 6.07) is 10.2. The first-order valence-corrected chi connectivity index (χ1v) is 8.26. The number of fused-ring (bicyclic) bond motifs is 1. The van der Waals surface area contributed by atoms with Gasteiger partial charge in [0.1, 0.15) is 11.6 Å². The molecule has 4 rings (SSSR count). The van der Waals surface area contributed by atoms with E-state index in [9.17, 15) is 13.2 Å². The molecule has 0 atom stereocenters. The number of rotatable bonds is 2. The maximum absolute atomic E-state index is 12.6. The van der Waals surface area contributed by atoms with Crippen LogP contribution in [0.15, 0.2) is 48.8 Å². The molecular formula is C18H16F3N5. The first kappa shape index (κ1) is 16.6. The van der Waals surface area contributed by atoms with Crippen LogP contribution in [0.2, 0.25) is 0 Å². The van der Waals surface area contributed by atoms with E-state index < -0.39 is 11.7 Å². The molecule has 26 heavy (non-hydrogen) atoms. The second-order valence-electron chi connectivity index (χ2n) is 6.09. The molecule has 1 saturated heterocycles. The molecular weight excluding hydrogens is 343 g/mol. The number of hydrogen-bond donors (Lipinski definition) is 0. The van der Waals surface area contributed by atoms with Crippen LogP contribution in [-0.2, 0) is 6.18 Å². The van der Waals surface area contributed by atoms with Gasteiger partial charge >= 0.3 is 6.18 Å². The van der Waals surface area contributed by atoms with Crippen LogP contribution in [0.5, 0.6) is 0 Å². The van der Waals surface area contributed by atoms with Crippen molar-refractivity contribution >= 4 is 22.7 Å². The number of alkyl halides is 3. The molecule has 0 aliphatic carbocycles. The lowest BCUT2D eigenvalue weighted by atomic mass is 10.2. The van der Waals surface area contributed by atoms with Gasteiger partial charge in [0.15, 0.2) is 0 Å². The highest BCUT2D eigenvalue weighted by Crippen LogP contribution is 2.29. The van der Waals surface area contributed by atoms with Crippen molar-refractivity contribution in [1.82, 2.24) is 15.0 Å². The minimum atomic E-state index is -4.36. The topological polar surface area (TPSA) is 45.2 Å². The average Bonchev–Trinajstić information content (AvgIpc) is 2.67. The van der Waals surface area contributed by atoms with E-state index in [0.717, 1.165) is 29.1 Å². The molecule has 3 aromatic rings. The van der Waals surface area contributed by atoms with Crippen molar-refractivity contribution < 1.29 is 13.2 Å². The monoisotopic (exact) mass is 359 g/mol. The zero-order chi connectivity index (χ0) is 18.1. The Balaban J connectivity index is 1.45. The summed E-state index contributed by atoms with van der Waals surface area (Å²) in [7, 11) is 0. The fraction of sp³-hybridized carbons (Fsp3) is 0.278. The first-order valence-electron chi connectivity index (χ1n) is 8.26. The Bertz CT molecular complexity index is 903. The van der Waals surface area contributed by atoms with Gasteiger partial charge in [-0.25, -0.2) is 9.97 Å². The van der Waals surface area contributed by atoms with Crippen LogP contribution in [0.4, 0.5) is 24.8 Å². The number of benzene rings is 1. The quantitative estimate of drug-likeness (QED) is 0.702. The van der Waals surface area contributed by atoms with E-state index in [-0.39, 0.29) is 0 Å². The van der Waals surface area contributed by atoms with E-state index in [1.165, 1.54) is 6.07 Å². The summed E-state index contributed by atoms with van der Waals surface area (Å²) in [5.41, 5.74) is 0.965. The molecule has 2 aromatic heterocycles. The fourth-order valence-electron chi connectivity index (χ4n) is 3.01. The normalized spacial score (nSPS) is 15.5. The standard InChI is InChI=1S/C18H16F3N5/c19-18(20,21)13-5-6-16(23-11-13)25-7-9-26(10-8-25)17-12-22-14-3-1-2-4-15(14)24-17/h1-6,11-12H,7-10H2. The van der Waals surface area contributed by atoms with Crippen molar-refractivity contribution in [2.45, 2.75) is 6.18 Å². The van der Waals surface area contributed by atoms with E-state index in [0.29, 0.717) is 32.0 Å². The number of aromatic nitrogens is 3. The average molecular weight is 359 g/mol. The number of hydrogen-bond acceptors (Lipinski definition) is 5. The third kappa shape index (κ3) is 3.26. The largest absolute Gasteiger partial charge is 0.417 e. The molecule has 3 heterocycles. The van der Waals surface area contributed by atoms with Crippen LogP contribution >= 0.6 is 0 Å². The van der Waals surface area contributed by atoms with Gasteiger partial charge in [0, 0.05) is 32.4 Å². The molecule has 0 radical (unpaired) electrons. The van der Waals surface area contributed by atoms with E-state index in [1.807, 2.05) is 29.2 Å². The van der Waals surface area contributed by atoms with Crippen LogP contribution < -0.4 is 9.80 Å². The van der Waals surface area contributed by atoms with E-state index >= 15 is 0 Å². The van der Waals surface area contributed by atoms with Crippen molar-refractivity contribution in [3.05, 3.63) is 54.4 Å². The van der Waals surface area contributed by atoms with Gasteiger partial charge in [0.25, 0.3) is 0 Å². The van der Waals surface area contributed by atoms with Gasteiger partial charge in [0.05, 0.1) is 22.8 Å². The molecule has 0 spiro atoms. The molecule has 0 bridgehead atoms. The lowest BCUT2D eigenvalue weighted by Gasteiger charge is -2.36. The molecule has 0 amide bonds. The third-order valence-electron chi connectivity index (χ3n) is 4.44. The van der Waals surface area contributed by atoms with Gasteiger partial charge in [-0.15, -0.1) is 0 Å². The second-order valence-corrected chi connectivity index (χ2v) is 6.09. The van der Waals surface area contributed by atoms with Gasteiger partial charge in [0.2, 0.25) is 0 Å². The summed E-state index contributed by atoms with van der Waals surface area (Å²) in [4.78, 5) is 17.1. The van der Waals surface area contributed by atoms with Crippen molar-refractivity contribution in [3.8, 4) is 0 Å². The number of piperazine rings is 1. The highest BCUT2D eigenvalue weighted by Gasteiger charge is 2.31. The second kappa shape index (κ2) is 6.44. The predicted molar refractivity (Wildman–Crippen MR) is 93.2 cm³/mol. The smallest absolute Gasteiger partial charge is 0.353 e. The Kier molecular flexibility index (Phi) is 4.10. The van der Waals surface area contributed by atoms with Gasteiger partial charge in [-0.3, -0.25) is 4.98 Å². The van der Waals surface area contributed by atoms with Crippen molar-refractivity contribution in [1.29, 1.82) is 0 Å². The van der Waals surface area contributed by atoms with Crippen LogP contribution in [0.25, 0.3) is 11.0 Å². The Morgan fingerprint density at radius 3 is 2.00 bits per heavy atom. The maximum atomic E-state index is 12.6. The van der Waals surface area contributed by atoms with E-state index in [1.54, 1.807) is 6.20 Å². The van der Waals surface area contributed by atoms with E-state index in [2.05, 4.69) is 19.9 Å². The molecule has 0 N–H and O–H groups in total. The molecule has 5 nitrogen and oxygen atoms in total. The lowest BCUT2D eigenvalue weighted by Crippen LogP contribution is -2.47. The summed E-state index contributed by atoms with van der Waals surface area (Å²) >= 11 is 0. The molecule has 1 fully saturated rings. The number of para-hydroxylation sites is 2. The highest BCUT2D eigenvalue weighted by molar-refractivity contribution is 5.75. The zero-order valence-electron chi connectivity index (χ0n) is 13.8. The Morgan fingerprint density at radius 1 is 0.731 bits per heavy atom. The summed E-state index contributed by atoms with van der Waals surface area (Å²) in [6.45, 7) is 2.73. The first-order chi connectivity index (χ1) is 12.5. The van der Waals surface area contributed by atoms with Crippen LogP contribution in [0.3, 0.4) is 0 Å². The summed E-state index contributed by atoms with van der Waals surface area (Å²) in [5, 5.41) is 0. The predicted octanol–water partition coefficient (Wildman–Crippen LogP) is 3.37. The minimum absolute atomic E-state index is 0.558. The Labute approximate surface area is 148 Å². The molecule has 1 aromatic carbocycles. The SMILES string of the molecule is FC(F)(F)c1ccc(N2CCN(c3cnc4ccccc4n3)CC2)nc1. The molecule has 0 saturated carbocycles. The Morgan fingerprint density at radius 2 is 1.38 bits per heavy atom. The van der Waals surface area contributed by atoms with Crippen molar-refractivity contribution in [2.24, 2.45) is 0 Å². The molecule has 1 aliphatic heterocycles.